The van der Waals surface area contributed by atoms with Gasteiger partial charge in [-0.15, -0.1) is 0 Å². The van der Waals surface area contributed by atoms with E-state index in [2.05, 4.69) is 0 Å². The van der Waals surface area contributed by atoms with Gasteiger partial charge in [-0.1, -0.05) is 0 Å². The number of likely N-dealkylation sites (N-methyl/N-ethyl adjacent to an activating group) is 1. The van der Waals surface area contributed by atoms with E-state index in [1.165, 1.54) is 0 Å². The second kappa shape index (κ2) is 5.65. The highest BCUT2D eigenvalue weighted by atomic mass is 19.1. The van der Waals surface area contributed by atoms with E-state index in [-0.39, 0.29) is 36.5 Å². The first-order valence-corrected chi connectivity index (χ1v) is 6.43. The van der Waals surface area contributed by atoms with Crippen molar-refractivity contribution in [1.29, 1.82) is 0 Å². The van der Waals surface area contributed by atoms with Crippen molar-refractivity contribution in [2.24, 2.45) is 5.92 Å². The number of benzene rings is 1. The monoisotopic (exact) mass is 269 g/mol. The molecule has 0 radical (unpaired) electrons. The van der Waals surface area contributed by atoms with Crippen LogP contribution in [0.1, 0.15) is 24.8 Å². The van der Waals surface area contributed by atoms with Crippen molar-refractivity contribution in [3.63, 3.8) is 0 Å². The predicted molar refractivity (Wildman–Crippen MR) is 66.5 cm³/mol. The van der Waals surface area contributed by atoms with Crippen molar-refractivity contribution in [3.05, 3.63) is 35.4 Å². The SMILES string of the molecule is CCN(CCO)C(=O)C1CC1c1cc(F)ccc1F. The number of carbonyl (C=O) groups is 1. The Balaban J connectivity index is 2.07. The molecular weight excluding hydrogens is 252 g/mol. The molecule has 5 heteroatoms. The molecule has 1 aliphatic carbocycles. The van der Waals surface area contributed by atoms with Crippen LogP contribution in [-0.4, -0.2) is 35.6 Å². The lowest BCUT2D eigenvalue weighted by atomic mass is 10.1. The molecule has 0 spiro atoms. The van der Waals surface area contributed by atoms with Crippen molar-refractivity contribution in [1.82, 2.24) is 4.90 Å². The molecule has 2 rings (SSSR count). The molecule has 3 nitrogen and oxygen atoms in total. The van der Waals surface area contributed by atoms with Crippen LogP contribution in [0.5, 0.6) is 0 Å². The Bertz CT molecular complexity index is 479. The predicted octanol–water partition coefficient (Wildman–Crippen LogP) is 1.91. The van der Waals surface area contributed by atoms with Gasteiger partial charge in [0, 0.05) is 19.0 Å². The van der Waals surface area contributed by atoms with Gasteiger partial charge in [-0.3, -0.25) is 4.79 Å². The van der Waals surface area contributed by atoms with Gasteiger partial charge in [0.1, 0.15) is 11.6 Å². The Morgan fingerprint density at radius 3 is 2.84 bits per heavy atom. The minimum atomic E-state index is -0.489. The standard InChI is InChI=1S/C14H17F2NO2/c1-2-17(5-6-18)14(19)12-8-10(12)11-7-9(15)3-4-13(11)16/h3-4,7,10,12,18H,2,5-6,8H2,1H3. The Morgan fingerprint density at radius 2 is 2.21 bits per heavy atom. The van der Waals surface area contributed by atoms with Crippen LogP contribution < -0.4 is 0 Å². The summed E-state index contributed by atoms with van der Waals surface area (Å²) in [5.41, 5.74) is 0.276. The molecule has 0 heterocycles. The highest BCUT2D eigenvalue weighted by Crippen LogP contribution is 2.49. The number of rotatable bonds is 5. The molecule has 1 aromatic carbocycles. The van der Waals surface area contributed by atoms with E-state index in [9.17, 15) is 13.6 Å². The van der Waals surface area contributed by atoms with Crippen molar-refractivity contribution < 1.29 is 18.7 Å². The summed E-state index contributed by atoms with van der Waals surface area (Å²) in [6, 6.07) is 3.33. The Kier molecular flexibility index (Phi) is 4.14. The second-order valence-electron chi connectivity index (χ2n) is 4.76. The Morgan fingerprint density at radius 1 is 1.47 bits per heavy atom. The van der Waals surface area contributed by atoms with Crippen LogP contribution in [0.15, 0.2) is 18.2 Å². The first-order chi connectivity index (χ1) is 9.08. The zero-order valence-electron chi connectivity index (χ0n) is 10.8. The number of aliphatic hydroxyl groups excluding tert-OH is 1. The van der Waals surface area contributed by atoms with Crippen molar-refractivity contribution in [2.45, 2.75) is 19.3 Å². The summed E-state index contributed by atoms with van der Waals surface area (Å²) < 4.78 is 26.7. The summed E-state index contributed by atoms with van der Waals surface area (Å²) in [6.07, 6.45) is 0.543. The molecule has 2 atom stereocenters. The van der Waals surface area contributed by atoms with E-state index in [1.54, 1.807) is 4.90 Å². The van der Waals surface area contributed by atoms with Crippen LogP contribution in [0.25, 0.3) is 0 Å². The maximum absolute atomic E-state index is 13.6. The van der Waals surface area contributed by atoms with E-state index in [0.29, 0.717) is 13.0 Å². The fourth-order valence-corrected chi connectivity index (χ4v) is 2.39. The first kappa shape index (κ1) is 13.9. The molecule has 0 aromatic heterocycles. The van der Waals surface area contributed by atoms with Gasteiger partial charge in [-0.05, 0) is 43.0 Å². The maximum Gasteiger partial charge on any atom is 0.226 e. The zero-order chi connectivity index (χ0) is 14.0. The van der Waals surface area contributed by atoms with Gasteiger partial charge < -0.3 is 10.0 Å². The third-order valence-corrected chi connectivity index (χ3v) is 3.53. The van der Waals surface area contributed by atoms with E-state index in [1.807, 2.05) is 6.92 Å². The molecule has 2 unspecified atom stereocenters. The molecule has 0 saturated heterocycles. The zero-order valence-corrected chi connectivity index (χ0v) is 10.8. The van der Waals surface area contributed by atoms with Crippen molar-refractivity contribution in [3.8, 4) is 0 Å². The van der Waals surface area contributed by atoms with E-state index in [4.69, 9.17) is 5.11 Å². The van der Waals surface area contributed by atoms with Crippen molar-refractivity contribution >= 4 is 5.91 Å². The summed E-state index contributed by atoms with van der Waals surface area (Å²) >= 11 is 0. The smallest absolute Gasteiger partial charge is 0.226 e. The average molecular weight is 269 g/mol. The van der Waals surface area contributed by atoms with E-state index < -0.39 is 11.6 Å². The number of nitrogens with zero attached hydrogens (tertiary/aromatic N) is 1. The first-order valence-electron chi connectivity index (χ1n) is 6.43. The molecule has 1 saturated carbocycles. The molecule has 1 aliphatic rings. The van der Waals surface area contributed by atoms with Crippen LogP contribution >= 0.6 is 0 Å². The lowest BCUT2D eigenvalue weighted by Gasteiger charge is -2.19. The minimum Gasteiger partial charge on any atom is -0.395 e. The highest BCUT2D eigenvalue weighted by molar-refractivity contribution is 5.83. The molecular formula is C14H17F2NO2. The summed E-state index contributed by atoms with van der Waals surface area (Å²) in [6.45, 7) is 2.53. The molecule has 1 amide bonds. The van der Waals surface area contributed by atoms with Crippen LogP contribution in [0, 0.1) is 17.6 Å². The summed E-state index contributed by atoms with van der Waals surface area (Å²) in [5.74, 6) is -1.58. The fraction of sp³-hybridized carbons (Fsp3) is 0.500. The number of amides is 1. The molecule has 1 fully saturated rings. The summed E-state index contributed by atoms with van der Waals surface area (Å²) in [7, 11) is 0. The van der Waals surface area contributed by atoms with Crippen LogP contribution in [-0.2, 0) is 4.79 Å². The average Bonchev–Trinajstić information content (AvgIpc) is 3.18. The number of aliphatic hydroxyl groups is 1. The molecule has 104 valence electrons. The maximum atomic E-state index is 13.6. The Hall–Kier alpha value is -1.49. The molecule has 19 heavy (non-hydrogen) atoms. The molecule has 1 aromatic rings. The highest BCUT2D eigenvalue weighted by Gasteiger charge is 2.46. The second-order valence-corrected chi connectivity index (χ2v) is 4.76. The minimum absolute atomic E-state index is 0.0920. The van der Waals surface area contributed by atoms with Gasteiger partial charge >= 0.3 is 0 Å². The third kappa shape index (κ3) is 2.92. The van der Waals surface area contributed by atoms with Gasteiger partial charge in [-0.25, -0.2) is 8.78 Å². The van der Waals surface area contributed by atoms with Crippen molar-refractivity contribution in [2.75, 3.05) is 19.7 Å². The molecule has 0 bridgehead atoms. The topological polar surface area (TPSA) is 40.5 Å². The van der Waals surface area contributed by atoms with Crippen LogP contribution in [0.3, 0.4) is 0 Å². The van der Waals surface area contributed by atoms with Gasteiger partial charge in [0.25, 0.3) is 0 Å². The fourth-order valence-electron chi connectivity index (χ4n) is 2.39. The number of hydrogen-bond donors (Lipinski definition) is 1. The van der Waals surface area contributed by atoms with E-state index >= 15 is 0 Å². The van der Waals surface area contributed by atoms with E-state index in [0.717, 1.165) is 18.2 Å². The number of carbonyl (C=O) groups excluding carboxylic acids is 1. The Labute approximate surface area is 110 Å². The lowest BCUT2D eigenvalue weighted by molar-refractivity contribution is -0.133. The van der Waals surface area contributed by atoms with Gasteiger partial charge in [0.2, 0.25) is 5.91 Å². The van der Waals surface area contributed by atoms with Gasteiger partial charge in [-0.2, -0.15) is 0 Å². The number of hydrogen-bond acceptors (Lipinski definition) is 2. The van der Waals surface area contributed by atoms with Crippen LogP contribution in [0.4, 0.5) is 8.78 Å². The van der Waals surface area contributed by atoms with Gasteiger partial charge in [0.05, 0.1) is 6.61 Å². The summed E-state index contributed by atoms with van der Waals surface area (Å²) in [5, 5.41) is 8.88. The number of halogens is 2. The molecule has 1 N–H and O–H groups in total. The largest absolute Gasteiger partial charge is 0.395 e. The summed E-state index contributed by atoms with van der Waals surface area (Å²) in [4.78, 5) is 13.6. The quantitative estimate of drug-likeness (QED) is 0.887. The molecule has 0 aliphatic heterocycles. The third-order valence-electron chi connectivity index (χ3n) is 3.53. The normalized spacial score (nSPS) is 21.3. The van der Waals surface area contributed by atoms with Gasteiger partial charge in [0.15, 0.2) is 0 Å². The lowest BCUT2D eigenvalue weighted by Crippen LogP contribution is -2.34. The van der Waals surface area contributed by atoms with Crippen LogP contribution in [0.2, 0.25) is 0 Å².